The number of anilines is 2. The second-order valence-electron chi connectivity index (χ2n) is 5.37. The van der Waals surface area contributed by atoms with Crippen LogP contribution >= 0.6 is 23.2 Å². The highest BCUT2D eigenvalue weighted by molar-refractivity contribution is 7.92. The Bertz CT molecular complexity index is 886. The molecule has 0 radical (unpaired) electrons. The molecule has 6 nitrogen and oxygen atoms in total. The molecule has 0 aliphatic heterocycles. The molecule has 2 aromatic carbocycles. The molecule has 0 saturated carbocycles. The number of hydrogen-bond acceptors (Lipinski definition) is 4. The predicted octanol–water partition coefficient (Wildman–Crippen LogP) is 3.80. The van der Waals surface area contributed by atoms with Crippen molar-refractivity contribution in [3.63, 3.8) is 0 Å². The molecular formula is C17H18Cl2N2O4S. The summed E-state index contributed by atoms with van der Waals surface area (Å²) < 4.78 is 30.6. The van der Waals surface area contributed by atoms with Crippen molar-refractivity contribution in [3.8, 4) is 5.75 Å². The van der Waals surface area contributed by atoms with E-state index in [1.165, 1.54) is 6.07 Å². The number of amides is 1. The lowest BCUT2D eigenvalue weighted by atomic mass is 10.3. The first-order valence-electron chi connectivity index (χ1n) is 7.66. The number of carbonyl (C=O) groups excluding carboxylic acids is 1. The second-order valence-corrected chi connectivity index (χ2v) is 8.09. The zero-order valence-electron chi connectivity index (χ0n) is 14.2. The lowest BCUT2D eigenvalue weighted by Crippen LogP contribution is -2.37. The van der Waals surface area contributed by atoms with Crippen molar-refractivity contribution in [1.29, 1.82) is 0 Å². The van der Waals surface area contributed by atoms with E-state index in [1.807, 2.05) is 6.92 Å². The van der Waals surface area contributed by atoms with E-state index in [0.717, 1.165) is 10.6 Å². The van der Waals surface area contributed by atoms with Crippen LogP contribution in [0.3, 0.4) is 0 Å². The number of nitrogens with one attached hydrogen (secondary N) is 1. The number of ether oxygens (including phenoxy) is 1. The van der Waals surface area contributed by atoms with Gasteiger partial charge in [0.25, 0.3) is 0 Å². The third-order valence-corrected chi connectivity index (χ3v) is 5.21. The molecule has 0 aromatic heterocycles. The maximum absolute atomic E-state index is 12.3. The summed E-state index contributed by atoms with van der Waals surface area (Å²) in [5.74, 6) is 0.104. The van der Waals surface area contributed by atoms with E-state index in [4.69, 9.17) is 27.9 Å². The summed E-state index contributed by atoms with van der Waals surface area (Å²) in [5, 5.41) is 3.25. The van der Waals surface area contributed by atoms with E-state index >= 15 is 0 Å². The molecule has 26 heavy (non-hydrogen) atoms. The van der Waals surface area contributed by atoms with E-state index in [9.17, 15) is 13.2 Å². The number of carbonyl (C=O) groups is 1. The van der Waals surface area contributed by atoms with Crippen LogP contribution in [0.1, 0.15) is 6.92 Å². The molecule has 140 valence electrons. The third-order valence-electron chi connectivity index (χ3n) is 3.33. The average molecular weight is 417 g/mol. The summed E-state index contributed by atoms with van der Waals surface area (Å²) in [6.45, 7) is 1.97. The summed E-state index contributed by atoms with van der Waals surface area (Å²) in [6.07, 6.45) is 1.04. The summed E-state index contributed by atoms with van der Waals surface area (Å²) in [6, 6.07) is 11.1. The molecule has 0 spiro atoms. The Labute approximate surface area is 162 Å². The summed E-state index contributed by atoms with van der Waals surface area (Å²) in [5.41, 5.74) is 0.782. The fourth-order valence-corrected chi connectivity index (χ4v) is 3.33. The SMILES string of the molecule is CCOc1ccc(N(CC(=O)Nc2ccc(Cl)c(Cl)c2)S(C)(=O)=O)cc1. The van der Waals surface area contributed by atoms with Gasteiger partial charge in [0, 0.05) is 5.69 Å². The highest BCUT2D eigenvalue weighted by Crippen LogP contribution is 2.25. The molecule has 0 saturated heterocycles. The minimum Gasteiger partial charge on any atom is -0.494 e. The van der Waals surface area contributed by atoms with E-state index in [1.54, 1.807) is 36.4 Å². The van der Waals surface area contributed by atoms with Gasteiger partial charge in [-0.25, -0.2) is 8.42 Å². The monoisotopic (exact) mass is 416 g/mol. The van der Waals surface area contributed by atoms with Crippen molar-refractivity contribution >= 4 is 50.5 Å². The molecular weight excluding hydrogens is 399 g/mol. The fourth-order valence-electron chi connectivity index (χ4n) is 2.18. The molecule has 0 unspecified atom stereocenters. The highest BCUT2D eigenvalue weighted by atomic mass is 35.5. The number of sulfonamides is 1. The van der Waals surface area contributed by atoms with Gasteiger partial charge in [0.15, 0.2) is 0 Å². The van der Waals surface area contributed by atoms with Crippen LogP contribution in [0.5, 0.6) is 5.75 Å². The third kappa shape index (κ3) is 5.52. The van der Waals surface area contributed by atoms with Crippen LogP contribution in [-0.2, 0) is 14.8 Å². The van der Waals surface area contributed by atoms with Crippen LogP contribution in [0.25, 0.3) is 0 Å². The van der Waals surface area contributed by atoms with E-state index < -0.39 is 15.9 Å². The number of halogens is 2. The first-order chi connectivity index (χ1) is 12.2. The fraction of sp³-hybridized carbons (Fsp3) is 0.235. The van der Waals surface area contributed by atoms with Crippen LogP contribution in [0.4, 0.5) is 11.4 Å². The van der Waals surface area contributed by atoms with E-state index in [0.29, 0.717) is 28.8 Å². The Kier molecular flexibility index (Phi) is 6.75. The Hall–Kier alpha value is -1.96. The molecule has 0 aliphatic carbocycles. The lowest BCUT2D eigenvalue weighted by molar-refractivity contribution is -0.114. The molecule has 1 N–H and O–H groups in total. The predicted molar refractivity (Wildman–Crippen MR) is 105 cm³/mol. The number of hydrogen-bond donors (Lipinski definition) is 1. The van der Waals surface area contributed by atoms with Gasteiger partial charge in [-0.2, -0.15) is 0 Å². The first-order valence-corrected chi connectivity index (χ1v) is 10.3. The molecule has 9 heteroatoms. The minimum absolute atomic E-state index is 0.288. The lowest BCUT2D eigenvalue weighted by Gasteiger charge is -2.22. The largest absolute Gasteiger partial charge is 0.494 e. The number of benzene rings is 2. The van der Waals surface area contributed by atoms with Crippen LogP contribution in [-0.4, -0.2) is 33.7 Å². The zero-order chi connectivity index (χ0) is 19.3. The van der Waals surface area contributed by atoms with Crippen molar-refractivity contribution in [2.24, 2.45) is 0 Å². The van der Waals surface area contributed by atoms with Crippen molar-refractivity contribution < 1.29 is 17.9 Å². The number of nitrogens with zero attached hydrogens (tertiary/aromatic N) is 1. The Morgan fingerprint density at radius 2 is 1.77 bits per heavy atom. The highest BCUT2D eigenvalue weighted by Gasteiger charge is 2.21. The molecule has 2 rings (SSSR count). The molecule has 0 fully saturated rings. The summed E-state index contributed by atoms with van der Waals surface area (Å²) in [4.78, 5) is 12.3. The van der Waals surface area contributed by atoms with Gasteiger partial charge >= 0.3 is 0 Å². The molecule has 1 amide bonds. The number of rotatable bonds is 7. The molecule has 2 aromatic rings. The van der Waals surface area contributed by atoms with Crippen LogP contribution < -0.4 is 14.4 Å². The van der Waals surface area contributed by atoms with Crippen LogP contribution in [0, 0.1) is 0 Å². The maximum Gasteiger partial charge on any atom is 0.245 e. The van der Waals surface area contributed by atoms with Crippen molar-refractivity contribution in [2.45, 2.75) is 6.92 Å². The van der Waals surface area contributed by atoms with E-state index in [2.05, 4.69) is 5.32 Å². The Morgan fingerprint density at radius 3 is 2.31 bits per heavy atom. The summed E-state index contributed by atoms with van der Waals surface area (Å²) in [7, 11) is -3.66. The van der Waals surface area contributed by atoms with Crippen LogP contribution in [0.2, 0.25) is 10.0 Å². The molecule has 0 bridgehead atoms. The Balaban J connectivity index is 2.17. The van der Waals surface area contributed by atoms with Gasteiger partial charge in [0.05, 0.1) is 28.6 Å². The van der Waals surface area contributed by atoms with Gasteiger partial charge in [-0.3, -0.25) is 9.10 Å². The molecule has 0 aliphatic rings. The normalized spacial score (nSPS) is 11.1. The van der Waals surface area contributed by atoms with Crippen molar-refractivity contribution in [1.82, 2.24) is 0 Å². The quantitative estimate of drug-likeness (QED) is 0.744. The zero-order valence-corrected chi connectivity index (χ0v) is 16.5. The van der Waals surface area contributed by atoms with Gasteiger partial charge in [0.2, 0.25) is 15.9 Å². The van der Waals surface area contributed by atoms with Gasteiger partial charge in [-0.15, -0.1) is 0 Å². The summed E-state index contributed by atoms with van der Waals surface area (Å²) >= 11 is 11.7. The second kappa shape index (κ2) is 8.62. The van der Waals surface area contributed by atoms with Gasteiger partial charge in [-0.1, -0.05) is 23.2 Å². The molecule has 0 atom stereocenters. The topological polar surface area (TPSA) is 75.7 Å². The standard InChI is InChI=1S/C17H18Cl2N2O4S/c1-3-25-14-7-5-13(6-8-14)21(26(2,23)24)11-17(22)20-12-4-9-15(18)16(19)10-12/h4-10H,3,11H2,1-2H3,(H,20,22). The Morgan fingerprint density at radius 1 is 1.12 bits per heavy atom. The van der Waals surface area contributed by atoms with Crippen molar-refractivity contribution in [3.05, 3.63) is 52.5 Å². The van der Waals surface area contributed by atoms with Gasteiger partial charge < -0.3 is 10.1 Å². The van der Waals surface area contributed by atoms with Gasteiger partial charge in [-0.05, 0) is 49.4 Å². The smallest absolute Gasteiger partial charge is 0.245 e. The minimum atomic E-state index is -3.66. The van der Waals surface area contributed by atoms with Crippen molar-refractivity contribution in [2.75, 3.05) is 29.0 Å². The molecule has 0 heterocycles. The average Bonchev–Trinajstić information content (AvgIpc) is 2.56. The van der Waals surface area contributed by atoms with Gasteiger partial charge in [0.1, 0.15) is 12.3 Å². The maximum atomic E-state index is 12.3. The first kappa shape index (κ1) is 20.4. The van der Waals surface area contributed by atoms with Crippen LogP contribution in [0.15, 0.2) is 42.5 Å². The van der Waals surface area contributed by atoms with E-state index in [-0.39, 0.29) is 11.6 Å².